The van der Waals surface area contributed by atoms with Gasteiger partial charge in [-0.25, -0.2) is 4.79 Å². The van der Waals surface area contributed by atoms with E-state index in [-0.39, 0.29) is 11.2 Å². The standard InChI is InChI=1S/C4H5N3O.CH2Cl2/c5-3-1-2-6-4(8)7-3;2-1-3/h1-2H,(H3,5,6,7,8);1H2. The Hall–Kier alpha value is -0.740. The summed E-state index contributed by atoms with van der Waals surface area (Å²) >= 11 is 9.53. The van der Waals surface area contributed by atoms with Crippen LogP contribution in [0.2, 0.25) is 0 Å². The predicted octanol–water partition coefficient (Wildman–Crippen LogP) is 0.774. The van der Waals surface area contributed by atoms with Crippen LogP contribution in [0.3, 0.4) is 0 Å². The highest BCUT2D eigenvalue weighted by molar-refractivity contribution is 6.40. The molecular formula is C5H7Cl2N3O. The van der Waals surface area contributed by atoms with Crippen LogP contribution in [0.5, 0.6) is 0 Å². The zero-order valence-corrected chi connectivity index (χ0v) is 7.06. The van der Waals surface area contributed by atoms with Crippen LogP contribution >= 0.6 is 23.2 Å². The van der Waals surface area contributed by atoms with Crippen LogP contribution < -0.4 is 11.4 Å². The summed E-state index contributed by atoms with van der Waals surface area (Å²) in [5.74, 6) is 0.244. The first kappa shape index (κ1) is 10.3. The first-order valence-electron chi connectivity index (χ1n) is 2.64. The fraction of sp³-hybridized carbons (Fsp3) is 0.200. The molecule has 3 N–H and O–H groups in total. The number of aromatic amines is 1. The van der Waals surface area contributed by atoms with Crippen molar-refractivity contribution in [2.24, 2.45) is 0 Å². The number of rotatable bonds is 0. The fourth-order valence-corrected chi connectivity index (χ4v) is 0.385. The minimum absolute atomic E-state index is 0.194. The maximum Gasteiger partial charge on any atom is 0.346 e. The maximum absolute atomic E-state index is 10.2. The van der Waals surface area contributed by atoms with Crippen molar-refractivity contribution in [1.82, 2.24) is 9.97 Å². The second-order valence-electron chi connectivity index (χ2n) is 1.42. The van der Waals surface area contributed by atoms with E-state index in [2.05, 4.69) is 9.97 Å². The summed E-state index contributed by atoms with van der Waals surface area (Å²) in [6, 6.07) is 1.52. The van der Waals surface area contributed by atoms with Crippen molar-refractivity contribution in [3.63, 3.8) is 0 Å². The monoisotopic (exact) mass is 195 g/mol. The van der Waals surface area contributed by atoms with Crippen molar-refractivity contribution >= 4 is 29.0 Å². The van der Waals surface area contributed by atoms with Gasteiger partial charge in [0, 0.05) is 6.20 Å². The zero-order chi connectivity index (χ0) is 8.69. The molecule has 0 fully saturated rings. The molecular weight excluding hydrogens is 189 g/mol. The lowest BCUT2D eigenvalue weighted by atomic mass is 10.6. The van der Waals surface area contributed by atoms with Crippen molar-refractivity contribution in [3.05, 3.63) is 22.7 Å². The van der Waals surface area contributed by atoms with E-state index in [9.17, 15) is 4.79 Å². The zero-order valence-electron chi connectivity index (χ0n) is 5.55. The molecule has 6 heteroatoms. The molecule has 4 nitrogen and oxygen atoms in total. The SMILES string of the molecule is ClCCl.Nc1cc[nH]c(=O)n1. The number of H-pyrrole nitrogens is 1. The number of nitrogen functional groups attached to an aromatic ring is 1. The summed E-state index contributed by atoms with van der Waals surface area (Å²) in [4.78, 5) is 15.9. The third-order valence-electron chi connectivity index (χ3n) is 0.692. The van der Waals surface area contributed by atoms with Gasteiger partial charge in [-0.3, -0.25) is 0 Å². The van der Waals surface area contributed by atoms with E-state index in [4.69, 9.17) is 28.9 Å². The molecule has 0 saturated carbocycles. The molecule has 1 heterocycles. The molecule has 0 saturated heterocycles. The number of halogens is 2. The van der Waals surface area contributed by atoms with E-state index in [1.165, 1.54) is 12.3 Å². The van der Waals surface area contributed by atoms with Crippen molar-refractivity contribution < 1.29 is 0 Å². The van der Waals surface area contributed by atoms with Gasteiger partial charge in [-0.2, -0.15) is 4.98 Å². The Morgan fingerprint density at radius 3 is 2.45 bits per heavy atom. The number of alkyl halides is 2. The molecule has 0 aliphatic heterocycles. The largest absolute Gasteiger partial charge is 0.383 e. The van der Waals surface area contributed by atoms with Gasteiger partial charge < -0.3 is 10.7 Å². The van der Waals surface area contributed by atoms with E-state index < -0.39 is 5.69 Å². The Kier molecular flexibility index (Phi) is 5.60. The van der Waals surface area contributed by atoms with Crippen LogP contribution in [0.4, 0.5) is 5.82 Å². The molecule has 0 aliphatic carbocycles. The number of hydrogen-bond acceptors (Lipinski definition) is 3. The number of anilines is 1. The van der Waals surface area contributed by atoms with E-state index in [0.29, 0.717) is 0 Å². The minimum atomic E-state index is -0.412. The lowest BCUT2D eigenvalue weighted by Crippen LogP contribution is -2.10. The second kappa shape index (κ2) is 6.00. The fourth-order valence-electron chi connectivity index (χ4n) is 0.385. The minimum Gasteiger partial charge on any atom is -0.383 e. The Morgan fingerprint density at radius 2 is 2.18 bits per heavy atom. The van der Waals surface area contributed by atoms with Crippen LogP contribution in [0, 0.1) is 0 Å². The quantitative estimate of drug-likeness (QED) is 0.602. The third kappa shape index (κ3) is 5.69. The molecule has 1 aromatic heterocycles. The van der Waals surface area contributed by atoms with Crippen LogP contribution in [-0.2, 0) is 0 Å². The molecule has 0 amide bonds. The van der Waals surface area contributed by atoms with Crippen molar-refractivity contribution in [1.29, 1.82) is 0 Å². The second-order valence-corrected chi connectivity index (χ2v) is 2.23. The van der Waals surface area contributed by atoms with Crippen LogP contribution in [0.25, 0.3) is 0 Å². The number of nitrogens with zero attached hydrogens (tertiary/aromatic N) is 1. The Morgan fingerprint density at radius 1 is 1.64 bits per heavy atom. The smallest absolute Gasteiger partial charge is 0.346 e. The summed E-state index contributed by atoms with van der Waals surface area (Å²) in [5.41, 5.74) is 4.72. The highest BCUT2D eigenvalue weighted by Gasteiger charge is 1.81. The summed E-state index contributed by atoms with van der Waals surface area (Å²) < 4.78 is 0. The predicted molar refractivity (Wildman–Crippen MR) is 45.8 cm³/mol. The van der Waals surface area contributed by atoms with Crippen LogP contribution in [0.15, 0.2) is 17.1 Å². The van der Waals surface area contributed by atoms with Gasteiger partial charge in [0.25, 0.3) is 0 Å². The number of hydrogen-bond donors (Lipinski definition) is 2. The maximum atomic E-state index is 10.2. The van der Waals surface area contributed by atoms with Crippen molar-refractivity contribution in [2.45, 2.75) is 0 Å². The summed E-state index contributed by atoms with van der Waals surface area (Å²) in [5, 5.41) is 0.194. The van der Waals surface area contributed by atoms with Crippen molar-refractivity contribution in [3.8, 4) is 0 Å². The molecule has 0 spiro atoms. The van der Waals surface area contributed by atoms with Crippen LogP contribution in [0.1, 0.15) is 0 Å². The van der Waals surface area contributed by atoms with Crippen molar-refractivity contribution in [2.75, 3.05) is 11.1 Å². The Labute approximate surface area is 73.3 Å². The highest BCUT2D eigenvalue weighted by atomic mass is 35.5. The summed E-state index contributed by atoms with van der Waals surface area (Å²) in [7, 11) is 0. The average Bonchev–Trinajstić information content (AvgIpc) is 1.88. The third-order valence-corrected chi connectivity index (χ3v) is 0.692. The van der Waals surface area contributed by atoms with E-state index in [1.54, 1.807) is 0 Å². The number of nitrogens with one attached hydrogen (secondary N) is 1. The van der Waals surface area contributed by atoms with Crippen LogP contribution in [-0.4, -0.2) is 15.3 Å². The first-order valence-corrected chi connectivity index (χ1v) is 3.70. The van der Waals surface area contributed by atoms with Gasteiger partial charge in [-0.05, 0) is 6.07 Å². The summed E-state index contributed by atoms with van der Waals surface area (Å²) in [6.07, 6.45) is 1.45. The van der Waals surface area contributed by atoms with E-state index in [0.717, 1.165) is 0 Å². The van der Waals surface area contributed by atoms with Gasteiger partial charge in [-0.15, -0.1) is 23.2 Å². The number of aromatic nitrogens is 2. The summed E-state index contributed by atoms with van der Waals surface area (Å²) in [6.45, 7) is 0. The Balaban J connectivity index is 0.000000292. The molecule has 0 aliphatic rings. The average molecular weight is 196 g/mol. The van der Waals surface area contributed by atoms with Gasteiger partial charge >= 0.3 is 5.69 Å². The molecule has 0 bridgehead atoms. The first-order chi connectivity index (χ1) is 5.20. The highest BCUT2D eigenvalue weighted by Crippen LogP contribution is 1.82. The topological polar surface area (TPSA) is 71.8 Å². The van der Waals surface area contributed by atoms with Gasteiger partial charge in [0.05, 0.1) is 5.34 Å². The molecule has 0 unspecified atom stereocenters. The van der Waals surface area contributed by atoms with Gasteiger partial charge in [-0.1, -0.05) is 0 Å². The molecule has 1 aromatic rings. The molecule has 0 atom stereocenters. The molecule has 0 aromatic carbocycles. The number of nitrogens with two attached hydrogens (primary N) is 1. The lowest BCUT2D eigenvalue weighted by molar-refractivity contribution is 1.08. The van der Waals surface area contributed by atoms with Gasteiger partial charge in [0.2, 0.25) is 0 Å². The van der Waals surface area contributed by atoms with E-state index in [1.807, 2.05) is 0 Å². The molecule has 1 rings (SSSR count). The normalized spacial score (nSPS) is 8.18. The molecule has 62 valence electrons. The lowest BCUT2D eigenvalue weighted by Gasteiger charge is -1.83. The molecule has 0 radical (unpaired) electrons. The van der Waals surface area contributed by atoms with E-state index >= 15 is 0 Å². The molecule has 11 heavy (non-hydrogen) atoms. The Bertz CT molecular complexity index is 249. The van der Waals surface area contributed by atoms with Gasteiger partial charge in [0.15, 0.2) is 0 Å². The van der Waals surface area contributed by atoms with Gasteiger partial charge in [0.1, 0.15) is 5.82 Å².